The van der Waals surface area contributed by atoms with Crippen LogP contribution in [0.5, 0.6) is 0 Å². The average Bonchev–Trinajstić information content (AvgIpc) is 2.34. The summed E-state index contributed by atoms with van der Waals surface area (Å²) < 4.78 is 10.0. The molecular weight excluding hydrogens is 240 g/mol. The molecular formula is C12H20O6. The number of carboxylic acids is 1. The smallest absolute Gasteiger partial charge is 0.331 e. The number of aliphatic hydroxyl groups is 1. The van der Waals surface area contributed by atoms with Crippen molar-refractivity contribution in [1.82, 2.24) is 0 Å². The van der Waals surface area contributed by atoms with E-state index in [4.69, 9.17) is 19.7 Å². The van der Waals surface area contributed by atoms with Crippen molar-refractivity contribution in [2.45, 2.75) is 25.7 Å². The van der Waals surface area contributed by atoms with Gasteiger partial charge in [-0.3, -0.25) is 0 Å². The molecule has 0 aliphatic carbocycles. The maximum absolute atomic E-state index is 10.9. The first kappa shape index (κ1) is 16.6. The zero-order valence-corrected chi connectivity index (χ0v) is 10.3. The van der Waals surface area contributed by atoms with Gasteiger partial charge in [0.25, 0.3) is 0 Å². The van der Waals surface area contributed by atoms with Gasteiger partial charge in [-0.1, -0.05) is 0 Å². The van der Waals surface area contributed by atoms with Crippen LogP contribution in [0, 0.1) is 0 Å². The van der Waals surface area contributed by atoms with E-state index in [0.717, 1.165) is 31.4 Å². The number of hydrogen-bond acceptors (Lipinski definition) is 5. The molecule has 0 aromatic heterocycles. The minimum atomic E-state index is -1.18. The zero-order valence-electron chi connectivity index (χ0n) is 10.3. The molecule has 0 aliphatic rings. The predicted octanol–water partition coefficient (Wildman–Crippen LogP) is 0.740. The summed E-state index contributed by atoms with van der Waals surface area (Å²) in [7, 11) is 0. The normalized spacial score (nSPS) is 10.7. The molecule has 0 saturated carbocycles. The SMILES string of the molecule is O=C(O)/C=C\C(=O)OCCCCOCCCCO. The number of ether oxygens (including phenoxy) is 2. The Morgan fingerprint density at radius 1 is 0.944 bits per heavy atom. The molecule has 0 radical (unpaired) electrons. The van der Waals surface area contributed by atoms with Gasteiger partial charge in [-0.15, -0.1) is 0 Å². The van der Waals surface area contributed by atoms with E-state index in [1.165, 1.54) is 0 Å². The zero-order chi connectivity index (χ0) is 13.6. The maximum atomic E-state index is 10.9. The molecule has 104 valence electrons. The van der Waals surface area contributed by atoms with Crippen molar-refractivity contribution in [3.8, 4) is 0 Å². The van der Waals surface area contributed by atoms with Gasteiger partial charge < -0.3 is 19.7 Å². The molecule has 6 heteroatoms. The highest BCUT2D eigenvalue weighted by atomic mass is 16.5. The Morgan fingerprint density at radius 2 is 1.56 bits per heavy atom. The minimum absolute atomic E-state index is 0.184. The molecule has 0 rings (SSSR count). The minimum Gasteiger partial charge on any atom is -0.478 e. The van der Waals surface area contributed by atoms with Gasteiger partial charge in [0.15, 0.2) is 0 Å². The van der Waals surface area contributed by atoms with Crippen LogP contribution in [0.4, 0.5) is 0 Å². The van der Waals surface area contributed by atoms with Gasteiger partial charge in [0, 0.05) is 32.0 Å². The molecule has 0 atom stereocenters. The number of carbonyl (C=O) groups excluding carboxylic acids is 1. The largest absolute Gasteiger partial charge is 0.478 e. The number of carbonyl (C=O) groups is 2. The van der Waals surface area contributed by atoms with E-state index in [9.17, 15) is 9.59 Å². The van der Waals surface area contributed by atoms with E-state index in [1.54, 1.807) is 0 Å². The van der Waals surface area contributed by atoms with Gasteiger partial charge >= 0.3 is 11.9 Å². The molecule has 0 aromatic carbocycles. The molecule has 18 heavy (non-hydrogen) atoms. The van der Waals surface area contributed by atoms with E-state index in [1.807, 2.05) is 0 Å². The van der Waals surface area contributed by atoms with Crippen molar-refractivity contribution in [2.75, 3.05) is 26.4 Å². The Hall–Kier alpha value is -1.40. The van der Waals surface area contributed by atoms with Crippen LogP contribution in [-0.2, 0) is 19.1 Å². The van der Waals surface area contributed by atoms with Gasteiger partial charge in [0.05, 0.1) is 6.61 Å². The summed E-state index contributed by atoms with van der Waals surface area (Å²) in [6.45, 7) is 1.65. The number of aliphatic hydroxyl groups excluding tert-OH is 1. The lowest BCUT2D eigenvalue weighted by atomic mass is 10.3. The molecule has 0 bridgehead atoms. The fraction of sp³-hybridized carbons (Fsp3) is 0.667. The van der Waals surface area contributed by atoms with Gasteiger partial charge in [0.2, 0.25) is 0 Å². The van der Waals surface area contributed by atoms with Crippen LogP contribution in [0.25, 0.3) is 0 Å². The summed E-state index contributed by atoms with van der Waals surface area (Å²) >= 11 is 0. The van der Waals surface area contributed by atoms with Crippen LogP contribution in [0.3, 0.4) is 0 Å². The highest BCUT2D eigenvalue weighted by Gasteiger charge is 1.98. The fourth-order valence-electron chi connectivity index (χ4n) is 1.08. The van der Waals surface area contributed by atoms with Crippen LogP contribution in [0.15, 0.2) is 12.2 Å². The Balaban J connectivity index is 3.25. The number of esters is 1. The summed E-state index contributed by atoms with van der Waals surface area (Å²) in [5, 5.41) is 16.8. The topological polar surface area (TPSA) is 93.1 Å². The van der Waals surface area contributed by atoms with E-state index in [0.29, 0.717) is 19.6 Å². The third-order valence-corrected chi connectivity index (χ3v) is 1.99. The second-order valence-electron chi connectivity index (χ2n) is 3.59. The van der Waals surface area contributed by atoms with E-state index < -0.39 is 11.9 Å². The summed E-state index contributed by atoms with van der Waals surface area (Å²) in [6.07, 6.45) is 4.65. The van der Waals surface area contributed by atoms with E-state index in [-0.39, 0.29) is 13.2 Å². The quantitative estimate of drug-likeness (QED) is 0.323. The van der Waals surface area contributed by atoms with Crippen molar-refractivity contribution in [1.29, 1.82) is 0 Å². The number of rotatable bonds is 11. The molecule has 0 saturated heterocycles. The van der Waals surface area contributed by atoms with Crippen LogP contribution in [-0.4, -0.2) is 48.6 Å². The Bertz CT molecular complexity index is 261. The molecule has 0 spiro atoms. The summed E-state index contributed by atoms with van der Waals surface area (Å²) in [4.78, 5) is 21.0. The van der Waals surface area contributed by atoms with Crippen molar-refractivity contribution < 1.29 is 29.3 Å². The monoisotopic (exact) mass is 260 g/mol. The standard InChI is InChI=1S/C12H20O6/c13-7-1-2-8-17-9-3-4-10-18-12(16)6-5-11(14)15/h5-6,13H,1-4,7-10H2,(H,14,15)/b6-5-. The Labute approximate surface area is 106 Å². The lowest BCUT2D eigenvalue weighted by Crippen LogP contribution is -2.05. The number of hydrogen-bond donors (Lipinski definition) is 2. The number of unbranched alkanes of at least 4 members (excludes halogenated alkanes) is 2. The van der Waals surface area contributed by atoms with E-state index in [2.05, 4.69) is 0 Å². The summed E-state index contributed by atoms with van der Waals surface area (Å²) in [5.41, 5.74) is 0. The fourth-order valence-corrected chi connectivity index (χ4v) is 1.08. The van der Waals surface area contributed by atoms with Crippen LogP contribution < -0.4 is 0 Å². The highest BCUT2D eigenvalue weighted by Crippen LogP contribution is 1.95. The van der Waals surface area contributed by atoms with Gasteiger partial charge in [-0.25, -0.2) is 9.59 Å². The van der Waals surface area contributed by atoms with E-state index >= 15 is 0 Å². The van der Waals surface area contributed by atoms with Crippen LogP contribution >= 0.6 is 0 Å². The number of aliphatic carboxylic acids is 1. The lowest BCUT2D eigenvalue weighted by Gasteiger charge is -2.04. The molecule has 0 aromatic rings. The molecule has 0 unspecified atom stereocenters. The molecule has 6 nitrogen and oxygen atoms in total. The second-order valence-corrected chi connectivity index (χ2v) is 3.59. The maximum Gasteiger partial charge on any atom is 0.331 e. The Kier molecular flexibility index (Phi) is 11.1. The van der Waals surface area contributed by atoms with Gasteiger partial charge in [0.1, 0.15) is 0 Å². The van der Waals surface area contributed by atoms with Gasteiger partial charge in [-0.05, 0) is 25.7 Å². The Morgan fingerprint density at radius 3 is 2.17 bits per heavy atom. The van der Waals surface area contributed by atoms with Crippen molar-refractivity contribution in [2.24, 2.45) is 0 Å². The molecule has 0 fully saturated rings. The second kappa shape index (κ2) is 12.1. The molecule has 0 heterocycles. The average molecular weight is 260 g/mol. The summed E-state index contributed by atoms with van der Waals surface area (Å²) in [6, 6.07) is 0. The van der Waals surface area contributed by atoms with Crippen LogP contribution in [0.1, 0.15) is 25.7 Å². The number of carboxylic acid groups (broad SMARTS) is 1. The van der Waals surface area contributed by atoms with Crippen molar-refractivity contribution >= 4 is 11.9 Å². The third kappa shape index (κ3) is 12.7. The van der Waals surface area contributed by atoms with Crippen molar-refractivity contribution in [3.63, 3.8) is 0 Å². The first-order chi connectivity index (χ1) is 8.66. The lowest BCUT2D eigenvalue weighted by molar-refractivity contribution is -0.138. The highest BCUT2D eigenvalue weighted by molar-refractivity contribution is 5.90. The molecule has 2 N–H and O–H groups in total. The first-order valence-corrected chi connectivity index (χ1v) is 5.93. The van der Waals surface area contributed by atoms with Gasteiger partial charge in [-0.2, -0.15) is 0 Å². The third-order valence-electron chi connectivity index (χ3n) is 1.99. The van der Waals surface area contributed by atoms with Crippen molar-refractivity contribution in [3.05, 3.63) is 12.2 Å². The summed E-state index contributed by atoms with van der Waals surface area (Å²) in [5.74, 6) is -1.83. The first-order valence-electron chi connectivity index (χ1n) is 5.93. The molecule has 0 amide bonds. The predicted molar refractivity (Wildman–Crippen MR) is 64.1 cm³/mol. The molecule has 0 aliphatic heterocycles. The van der Waals surface area contributed by atoms with Crippen LogP contribution in [0.2, 0.25) is 0 Å².